The van der Waals surface area contributed by atoms with Gasteiger partial charge in [0.1, 0.15) is 13.2 Å². The highest BCUT2D eigenvalue weighted by atomic mass is 35.5. The van der Waals surface area contributed by atoms with Crippen molar-refractivity contribution >= 4 is 46.3 Å². The average molecular weight is 336 g/mol. The van der Waals surface area contributed by atoms with Gasteiger partial charge in [0, 0.05) is 10.6 Å². The van der Waals surface area contributed by atoms with E-state index in [0.29, 0.717) is 10.7 Å². The third kappa shape index (κ3) is 2.75. The van der Waals surface area contributed by atoms with Crippen LogP contribution in [0.4, 0.5) is 5.69 Å². The van der Waals surface area contributed by atoms with Crippen LogP contribution in [-0.4, -0.2) is 24.2 Å². The first-order chi connectivity index (χ1) is 10.6. The van der Waals surface area contributed by atoms with Crippen LogP contribution in [0.1, 0.15) is 15.9 Å². The van der Waals surface area contributed by atoms with Crippen molar-refractivity contribution in [2.75, 3.05) is 11.4 Å². The molecule has 1 aromatic heterocycles. The van der Waals surface area contributed by atoms with Crippen LogP contribution in [0.25, 0.3) is 0 Å². The number of esters is 1. The van der Waals surface area contributed by atoms with E-state index >= 15 is 0 Å². The average Bonchev–Trinajstić information content (AvgIpc) is 3.09. The smallest absolute Gasteiger partial charge is 0.326 e. The summed E-state index contributed by atoms with van der Waals surface area (Å²) in [4.78, 5) is 36.8. The Labute approximate surface area is 135 Å². The molecule has 0 aliphatic carbocycles. The molecule has 1 aliphatic rings. The molecular weight excluding hydrogens is 326 g/mol. The lowest BCUT2D eigenvalue weighted by Gasteiger charge is -2.15. The van der Waals surface area contributed by atoms with Gasteiger partial charge in [-0.1, -0.05) is 11.6 Å². The van der Waals surface area contributed by atoms with E-state index in [1.165, 1.54) is 17.4 Å². The molecule has 0 N–H and O–H groups in total. The topological polar surface area (TPSA) is 63.7 Å². The molecule has 0 radical (unpaired) electrons. The van der Waals surface area contributed by atoms with Gasteiger partial charge in [-0.25, -0.2) is 0 Å². The molecule has 0 spiro atoms. The standard InChI is InChI=1S/C15H10ClNO4S/c16-10-1-2-12-11(5-10)14(19)15(20)17(12)6-13(18)21-7-9-3-4-22-8-9/h1-5,8H,6-7H2. The number of hydrogen-bond donors (Lipinski definition) is 0. The molecule has 112 valence electrons. The lowest BCUT2D eigenvalue weighted by atomic mass is 10.1. The quantitative estimate of drug-likeness (QED) is 0.636. The number of nitrogens with zero attached hydrogens (tertiary/aromatic N) is 1. The van der Waals surface area contributed by atoms with Gasteiger partial charge in [0.2, 0.25) is 0 Å². The largest absolute Gasteiger partial charge is 0.459 e. The Bertz CT molecular complexity index is 757. The lowest BCUT2D eigenvalue weighted by Crippen LogP contribution is -2.35. The van der Waals surface area contributed by atoms with E-state index in [1.807, 2.05) is 16.8 Å². The van der Waals surface area contributed by atoms with Gasteiger partial charge in [0.25, 0.3) is 11.7 Å². The van der Waals surface area contributed by atoms with Crippen LogP contribution in [0.15, 0.2) is 35.0 Å². The second kappa shape index (κ2) is 5.90. The van der Waals surface area contributed by atoms with Crippen molar-refractivity contribution in [3.63, 3.8) is 0 Å². The Balaban J connectivity index is 1.71. The zero-order chi connectivity index (χ0) is 15.7. The van der Waals surface area contributed by atoms with Gasteiger partial charge in [0.05, 0.1) is 11.3 Å². The number of thiophene rings is 1. The first kappa shape index (κ1) is 14.7. The monoisotopic (exact) mass is 335 g/mol. The van der Waals surface area contributed by atoms with Gasteiger partial charge in [-0.15, -0.1) is 0 Å². The molecule has 1 aromatic carbocycles. The van der Waals surface area contributed by atoms with Crippen molar-refractivity contribution < 1.29 is 19.1 Å². The SMILES string of the molecule is O=C(CN1C(=O)C(=O)c2cc(Cl)ccc21)OCc1ccsc1. The predicted molar refractivity (Wildman–Crippen MR) is 82.3 cm³/mol. The first-order valence-electron chi connectivity index (χ1n) is 6.38. The van der Waals surface area contributed by atoms with Crippen LogP contribution < -0.4 is 4.90 Å². The van der Waals surface area contributed by atoms with E-state index in [4.69, 9.17) is 16.3 Å². The third-order valence-electron chi connectivity index (χ3n) is 3.20. The van der Waals surface area contributed by atoms with E-state index < -0.39 is 17.7 Å². The van der Waals surface area contributed by atoms with Crippen LogP contribution >= 0.6 is 22.9 Å². The molecule has 0 bridgehead atoms. The lowest BCUT2D eigenvalue weighted by molar-refractivity contribution is -0.143. The molecule has 0 saturated carbocycles. The Morgan fingerprint density at radius 2 is 2.09 bits per heavy atom. The molecule has 2 aromatic rings. The van der Waals surface area contributed by atoms with Gasteiger partial charge < -0.3 is 4.74 Å². The number of ketones is 1. The van der Waals surface area contributed by atoms with Crippen LogP contribution in [0.2, 0.25) is 5.02 Å². The highest BCUT2D eigenvalue weighted by Crippen LogP contribution is 2.31. The minimum atomic E-state index is -0.746. The molecular formula is C15H10ClNO4S. The molecule has 1 amide bonds. The Morgan fingerprint density at radius 1 is 1.27 bits per heavy atom. The number of halogens is 1. The number of Topliss-reactive ketones (excluding diaryl/α,β-unsaturated/α-hetero) is 1. The maximum Gasteiger partial charge on any atom is 0.326 e. The zero-order valence-corrected chi connectivity index (χ0v) is 12.8. The third-order valence-corrected chi connectivity index (χ3v) is 4.17. The number of carbonyl (C=O) groups excluding carboxylic acids is 3. The number of rotatable bonds is 4. The van der Waals surface area contributed by atoms with Crippen LogP contribution in [0, 0.1) is 0 Å². The van der Waals surface area contributed by atoms with Crippen molar-refractivity contribution in [2.24, 2.45) is 0 Å². The molecule has 0 saturated heterocycles. The Kier molecular flexibility index (Phi) is 3.96. The second-order valence-corrected chi connectivity index (χ2v) is 5.89. The van der Waals surface area contributed by atoms with E-state index in [0.717, 1.165) is 10.5 Å². The van der Waals surface area contributed by atoms with Gasteiger partial charge in [-0.2, -0.15) is 11.3 Å². The van der Waals surface area contributed by atoms with E-state index in [9.17, 15) is 14.4 Å². The van der Waals surface area contributed by atoms with Crippen molar-refractivity contribution in [2.45, 2.75) is 6.61 Å². The molecule has 5 nitrogen and oxygen atoms in total. The second-order valence-electron chi connectivity index (χ2n) is 4.67. The number of hydrogen-bond acceptors (Lipinski definition) is 5. The molecule has 2 heterocycles. The summed E-state index contributed by atoms with van der Waals surface area (Å²) < 4.78 is 5.11. The summed E-state index contributed by atoms with van der Waals surface area (Å²) >= 11 is 7.33. The molecule has 22 heavy (non-hydrogen) atoms. The number of anilines is 1. The molecule has 0 fully saturated rings. The summed E-state index contributed by atoms with van der Waals surface area (Å²) in [6.07, 6.45) is 0. The van der Waals surface area contributed by atoms with Gasteiger partial charge in [-0.3, -0.25) is 19.3 Å². The molecule has 1 aliphatic heterocycles. The summed E-state index contributed by atoms with van der Waals surface area (Å²) in [5.74, 6) is -1.98. The van der Waals surface area contributed by atoms with Gasteiger partial charge in [0.15, 0.2) is 0 Å². The highest BCUT2D eigenvalue weighted by molar-refractivity contribution is 7.07. The fraction of sp³-hybridized carbons (Fsp3) is 0.133. The zero-order valence-electron chi connectivity index (χ0n) is 11.2. The number of amides is 1. The molecule has 0 atom stereocenters. The maximum atomic E-state index is 12.0. The van der Waals surface area contributed by atoms with Gasteiger partial charge in [-0.05, 0) is 35.0 Å². The fourth-order valence-electron chi connectivity index (χ4n) is 2.14. The van der Waals surface area contributed by atoms with Crippen LogP contribution in [-0.2, 0) is 20.9 Å². The maximum absolute atomic E-state index is 12.0. The van der Waals surface area contributed by atoms with E-state index in [2.05, 4.69) is 0 Å². The number of carbonyl (C=O) groups is 3. The van der Waals surface area contributed by atoms with Crippen molar-refractivity contribution in [1.29, 1.82) is 0 Å². The van der Waals surface area contributed by atoms with Crippen LogP contribution in [0.5, 0.6) is 0 Å². The minimum Gasteiger partial charge on any atom is -0.459 e. The van der Waals surface area contributed by atoms with Gasteiger partial charge >= 0.3 is 5.97 Å². The Morgan fingerprint density at radius 3 is 2.82 bits per heavy atom. The Hall–Kier alpha value is -2.18. The predicted octanol–water partition coefficient (Wildman–Crippen LogP) is 2.67. The molecule has 7 heteroatoms. The normalized spacial score (nSPS) is 13.4. The van der Waals surface area contributed by atoms with E-state index in [-0.39, 0.29) is 18.7 Å². The number of ether oxygens (including phenoxy) is 1. The summed E-state index contributed by atoms with van der Waals surface area (Å²) in [5, 5.41) is 4.11. The highest BCUT2D eigenvalue weighted by Gasteiger charge is 2.37. The fourth-order valence-corrected chi connectivity index (χ4v) is 2.97. The summed E-state index contributed by atoms with van der Waals surface area (Å²) in [6, 6.07) is 6.39. The van der Waals surface area contributed by atoms with Crippen molar-refractivity contribution in [1.82, 2.24) is 0 Å². The summed E-state index contributed by atoms with van der Waals surface area (Å²) in [5.41, 5.74) is 1.48. The minimum absolute atomic E-state index is 0.145. The first-order valence-corrected chi connectivity index (χ1v) is 7.71. The molecule has 0 unspecified atom stereocenters. The number of benzene rings is 1. The summed E-state index contributed by atoms with van der Waals surface area (Å²) in [7, 11) is 0. The van der Waals surface area contributed by atoms with Crippen molar-refractivity contribution in [3.8, 4) is 0 Å². The van der Waals surface area contributed by atoms with Crippen molar-refractivity contribution in [3.05, 3.63) is 51.2 Å². The van der Waals surface area contributed by atoms with E-state index in [1.54, 1.807) is 12.1 Å². The molecule has 3 rings (SSSR count). The summed E-state index contributed by atoms with van der Waals surface area (Å²) in [6.45, 7) is -0.158. The number of fused-ring (bicyclic) bond motifs is 1. The van der Waals surface area contributed by atoms with Crippen LogP contribution in [0.3, 0.4) is 0 Å².